The minimum atomic E-state index is -1.14. The maximum Gasteiger partial charge on any atom is 0.356 e. The lowest BCUT2D eigenvalue weighted by atomic mass is 10.1. The molecule has 0 aromatic carbocycles. The van der Waals surface area contributed by atoms with Crippen molar-refractivity contribution >= 4 is 23.9 Å². The van der Waals surface area contributed by atoms with E-state index in [9.17, 15) is 19.2 Å². The van der Waals surface area contributed by atoms with Crippen molar-refractivity contribution in [1.29, 1.82) is 0 Å². The van der Waals surface area contributed by atoms with Gasteiger partial charge in [0.25, 0.3) is 0 Å². The molecular formula is C26H41NO10. The van der Waals surface area contributed by atoms with Crippen LogP contribution in [0.5, 0.6) is 0 Å². The predicted molar refractivity (Wildman–Crippen MR) is 137 cm³/mol. The Hall–Kier alpha value is -3.28. The fraction of sp³-hybridized carbons (Fsp3) is 0.538. The first-order chi connectivity index (χ1) is 17.6. The lowest BCUT2D eigenvalue weighted by molar-refractivity contribution is -0.200. The standard InChI is InChI=1S/C11H20O2.C10H13NO5.C5H8O3/c1-4-7-8-9-10(5-2)13-11(12)6-3;1-8(2-3-9(12)13)10(14)16-11-4-6-15-7-5-11;1-2-5(7)8-4-3-6/h6,10H,3-5,7-9H2,1-2H3;2-3H,1,4-7H2,(H,12,13);2,6H,1,3-4H2. The molecule has 1 fully saturated rings. The van der Waals surface area contributed by atoms with Crippen LogP contribution in [0.15, 0.2) is 49.6 Å². The van der Waals surface area contributed by atoms with Crippen LogP contribution in [0.25, 0.3) is 0 Å². The lowest BCUT2D eigenvalue weighted by Gasteiger charge is -2.24. The summed E-state index contributed by atoms with van der Waals surface area (Å²) < 4.78 is 14.5. The molecule has 1 heterocycles. The molecule has 2 N–H and O–H groups in total. The molecule has 1 rings (SSSR count). The summed E-state index contributed by atoms with van der Waals surface area (Å²) in [5.41, 5.74) is -0.00566. The van der Waals surface area contributed by atoms with Crippen LogP contribution in [-0.4, -0.2) is 84.8 Å². The van der Waals surface area contributed by atoms with Crippen LogP contribution in [0.2, 0.25) is 0 Å². The van der Waals surface area contributed by atoms with Gasteiger partial charge in [0.2, 0.25) is 0 Å². The Kier molecular flexibility index (Phi) is 23.7. The van der Waals surface area contributed by atoms with Gasteiger partial charge in [0.15, 0.2) is 0 Å². The number of carboxylic acid groups (broad SMARTS) is 1. The summed E-state index contributed by atoms with van der Waals surface area (Å²) in [6, 6.07) is 0. The summed E-state index contributed by atoms with van der Waals surface area (Å²) in [4.78, 5) is 47.5. The summed E-state index contributed by atoms with van der Waals surface area (Å²) in [7, 11) is 0. The second-order valence-electron chi connectivity index (χ2n) is 7.38. The van der Waals surface area contributed by atoms with E-state index in [0.29, 0.717) is 26.3 Å². The molecule has 0 aromatic rings. The van der Waals surface area contributed by atoms with E-state index in [4.69, 9.17) is 24.5 Å². The van der Waals surface area contributed by atoms with Gasteiger partial charge in [-0.15, -0.1) is 5.06 Å². The van der Waals surface area contributed by atoms with E-state index in [-0.39, 0.29) is 30.9 Å². The van der Waals surface area contributed by atoms with E-state index >= 15 is 0 Å². The molecule has 37 heavy (non-hydrogen) atoms. The van der Waals surface area contributed by atoms with E-state index in [1.54, 1.807) is 0 Å². The summed E-state index contributed by atoms with van der Waals surface area (Å²) in [5.74, 6) is -2.60. The van der Waals surface area contributed by atoms with Crippen LogP contribution in [0.4, 0.5) is 0 Å². The zero-order chi connectivity index (χ0) is 28.5. The highest BCUT2D eigenvalue weighted by Gasteiger charge is 2.16. The van der Waals surface area contributed by atoms with E-state index < -0.39 is 17.9 Å². The Bertz CT molecular complexity index is 742. The Balaban J connectivity index is 0. The minimum Gasteiger partial charge on any atom is -0.478 e. The number of carboxylic acids is 1. The zero-order valence-electron chi connectivity index (χ0n) is 21.9. The van der Waals surface area contributed by atoms with Gasteiger partial charge in [0.1, 0.15) is 12.7 Å². The van der Waals surface area contributed by atoms with Gasteiger partial charge < -0.3 is 29.3 Å². The molecule has 0 bridgehead atoms. The second kappa shape index (κ2) is 24.4. The van der Waals surface area contributed by atoms with Crippen LogP contribution in [0.3, 0.4) is 0 Å². The third-order valence-corrected chi connectivity index (χ3v) is 4.41. The van der Waals surface area contributed by atoms with Crippen molar-refractivity contribution in [2.24, 2.45) is 0 Å². The summed E-state index contributed by atoms with van der Waals surface area (Å²) in [5, 5.41) is 17.9. The molecule has 0 radical (unpaired) electrons. The fourth-order valence-electron chi connectivity index (χ4n) is 2.44. The number of aliphatic hydroxyl groups is 1. The van der Waals surface area contributed by atoms with Crippen LogP contribution >= 0.6 is 0 Å². The number of nitrogens with zero attached hydrogens (tertiary/aromatic N) is 1. The van der Waals surface area contributed by atoms with E-state index in [0.717, 1.165) is 37.5 Å². The van der Waals surface area contributed by atoms with Crippen LogP contribution in [-0.2, 0) is 38.2 Å². The number of esters is 2. The van der Waals surface area contributed by atoms with Crippen molar-refractivity contribution in [3.8, 4) is 0 Å². The normalized spacial score (nSPS) is 13.5. The molecule has 1 unspecified atom stereocenters. The number of hydrogen-bond donors (Lipinski definition) is 2. The number of hydroxylamine groups is 2. The zero-order valence-corrected chi connectivity index (χ0v) is 21.9. The topological polar surface area (TPSA) is 149 Å². The van der Waals surface area contributed by atoms with E-state index in [1.807, 2.05) is 6.92 Å². The summed E-state index contributed by atoms with van der Waals surface area (Å²) in [6.07, 6.45) is 9.71. The van der Waals surface area contributed by atoms with Gasteiger partial charge in [-0.05, 0) is 25.3 Å². The van der Waals surface area contributed by atoms with Crippen molar-refractivity contribution in [3.05, 3.63) is 49.6 Å². The molecule has 1 atom stereocenters. The third kappa shape index (κ3) is 22.9. The van der Waals surface area contributed by atoms with Crippen molar-refractivity contribution in [1.82, 2.24) is 5.06 Å². The monoisotopic (exact) mass is 527 g/mol. The number of rotatable bonds is 14. The first-order valence-electron chi connectivity index (χ1n) is 12.0. The number of hydrogen-bond acceptors (Lipinski definition) is 10. The first kappa shape index (κ1) is 35.9. The van der Waals surface area contributed by atoms with Gasteiger partial charge in [0.05, 0.1) is 38.5 Å². The van der Waals surface area contributed by atoms with Crippen LogP contribution in [0, 0.1) is 0 Å². The smallest absolute Gasteiger partial charge is 0.356 e. The molecule has 11 heteroatoms. The average Bonchev–Trinajstić information content (AvgIpc) is 2.90. The predicted octanol–water partition coefficient (Wildman–Crippen LogP) is 2.76. The minimum absolute atomic E-state index is 0.00566. The van der Waals surface area contributed by atoms with Crippen molar-refractivity contribution in [2.45, 2.75) is 52.1 Å². The van der Waals surface area contributed by atoms with Crippen molar-refractivity contribution in [3.63, 3.8) is 0 Å². The molecule has 0 aliphatic carbocycles. The van der Waals surface area contributed by atoms with Gasteiger partial charge in [-0.25, -0.2) is 19.2 Å². The van der Waals surface area contributed by atoms with Crippen LogP contribution < -0.4 is 0 Å². The molecule has 1 aliphatic heterocycles. The SMILES string of the molecule is C=C(C=CC(=O)O)C(=O)ON1CCOCC1.C=CC(=O)OC(CC)CCCCC.C=CC(=O)OCCO. The van der Waals surface area contributed by atoms with Gasteiger partial charge in [0, 0.05) is 18.2 Å². The number of aliphatic carboxylic acids is 1. The van der Waals surface area contributed by atoms with Crippen molar-refractivity contribution < 1.29 is 48.4 Å². The van der Waals surface area contributed by atoms with Gasteiger partial charge in [-0.3, -0.25) is 0 Å². The maximum absolute atomic E-state index is 11.4. The fourth-order valence-corrected chi connectivity index (χ4v) is 2.44. The van der Waals surface area contributed by atoms with Gasteiger partial charge in [-0.2, -0.15) is 0 Å². The average molecular weight is 528 g/mol. The van der Waals surface area contributed by atoms with E-state index in [2.05, 4.69) is 31.4 Å². The highest BCUT2D eigenvalue weighted by atomic mass is 16.7. The first-order valence-corrected chi connectivity index (χ1v) is 12.0. The number of unbranched alkanes of at least 4 members (excludes halogenated alkanes) is 2. The molecule has 0 spiro atoms. The largest absolute Gasteiger partial charge is 0.478 e. The Morgan fingerprint density at radius 2 is 1.65 bits per heavy atom. The Labute approximate surface area is 219 Å². The number of carbonyl (C=O) groups excluding carboxylic acids is 3. The lowest BCUT2D eigenvalue weighted by Crippen LogP contribution is -2.38. The number of morpholine rings is 1. The quantitative estimate of drug-likeness (QED) is 0.149. The highest BCUT2D eigenvalue weighted by Crippen LogP contribution is 2.10. The number of carbonyl (C=O) groups is 4. The molecule has 1 aliphatic rings. The third-order valence-electron chi connectivity index (χ3n) is 4.41. The summed E-state index contributed by atoms with van der Waals surface area (Å²) >= 11 is 0. The Morgan fingerprint density at radius 1 is 1.03 bits per heavy atom. The molecule has 0 aromatic heterocycles. The molecule has 11 nitrogen and oxygen atoms in total. The molecule has 1 saturated heterocycles. The molecular weight excluding hydrogens is 486 g/mol. The Morgan fingerprint density at radius 3 is 2.14 bits per heavy atom. The maximum atomic E-state index is 11.4. The van der Waals surface area contributed by atoms with Crippen LogP contribution in [0.1, 0.15) is 46.0 Å². The number of aliphatic hydroxyl groups excluding tert-OH is 1. The second-order valence-corrected chi connectivity index (χ2v) is 7.38. The van der Waals surface area contributed by atoms with E-state index in [1.165, 1.54) is 24.0 Å². The van der Waals surface area contributed by atoms with Crippen molar-refractivity contribution in [2.75, 3.05) is 39.5 Å². The molecule has 0 amide bonds. The van der Waals surface area contributed by atoms with Gasteiger partial charge >= 0.3 is 23.9 Å². The number of ether oxygens (including phenoxy) is 3. The van der Waals surface area contributed by atoms with Gasteiger partial charge in [-0.1, -0.05) is 46.4 Å². The summed E-state index contributed by atoms with van der Waals surface area (Å²) in [6.45, 7) is 16.1. The highest BCUT2D eigenvalue weighted by molar-refractivity contribution is 5.92. The molecule has 0 saturated carbocycles. The molecule has 210 valence electrons.